The minimum absolute atomic E-state index is 0.0262. The summed E-state index contributed by atoms with van der Waals surface area (Å²) in [4.78, 5) is 175. The van der Waals surface area contributed by atoms with Crippen LogP contribution < -0.4 is 81.8 Å². The van der Waals surface area contributed by atoms with Gasteiger partial charge in [0.1, 0.15) is 65.9 Å². The van der Waals surface area contributed by atoms with Gasteiger partial charge in [0.05, 0.1) is 31.9 Å². The highest BCUT2D eigenvalue weighted by molar-refractivity contribution is 5.99. The Bertz CT molecular complexity index is 3090. The maximum Gasteiger partial charge on any atom is 0.328 e. The van der Waals surface area contributed by atoms with Crippen molar-refractivity contribution < 1.29 is 83.1 Å². The molecule has 3 aromatic rings. The van der Waals surface area contributed by atoms with Crippen molar-refractivity contribution in [3.63, 3.8) is 0 Å². The number of aliphatic carboxylic acids is 2. The van der Waals surface area contributed by atoms with Gasteiger partial charge >= 0.3 is 11.9 Å². The van der Waals surface area contributed by atoms with E-state index in [0.29, 0.717) is 11.1 Å². The number of aliphatic hydroxyl groups excluding tert-OH is 1. The summed E-state index contributed by atoms with van der Waals surface area (Å²) in [6.07, 6.45) is 0.887. The van der Waals surface area contributed by atoms with Crippen LogP contribution in [0.15, 0.2) is 71.0 Å². The molecule has 0 aliphatic heterocycles. The molecule has 93 heavy (non-hydrogen) atoms. The Kier molecular flexibility index (Phi) is 32.0. The Morgan fingerprint density at radius 2 is 0.925 bits per heavy atom. The lowest BCUT2D eigenvalue weighted by Crippen LogP contribution is -2.60. The summed E-state index contributed by atoms with van der Waals surface area (Å²) in [5, 5.41) is 72.5. The number of carboxylic acid groups (broad SMARTS) is 2. The van der Waals surface area contributed by atoms with E-state index < -0.39 is 151 Å². The standard InChI is InChI=1S/C57H85N19O17/c1-28(2)19-36(58)48(85)74-40(21-32-11-15-35(79)16-12-32)53(90)71-37(7-5-17-64-56(59)60)49(86)68-29(3)46(83)66-25-44(80)70-41(22-33-24-63-27-67-33)54(91)75-42(23-45(81)82)51(88)69-30(4)47(84)73-39(20-31-9-13-34(78)14-10-31)52(89)72-38(8-6-18-65-57(61)62)50(87)76-43(26-77)55(92)93/h9-16,24,27-30,36-43,77-79H,5-8,17-23,25-26,58H2,1-4H3,(H,63,67)(H,66,83)(H,68,86)(H,69,88)(H,70,80)(H,71,90)(H,72,89)(H,73,84)(H,74,85)(H,75,91)(H,76,87)(H,81,82)(H,92,93)(H4,59,60,64)(H4,61,62,65)/t29-,30-,36-,37-,38-,39-,40-,41-,42-,43-/m0/s1. The van der Waals surface area contributed by atoms with E-state index in [-0.39, 0.29) is 99.5 Å². The predicted octanol–water partition coefficient (Wildman–Crippen LogP) is -6.60. The van der Waals surface area contributed by atoms with E-state index in [1.54, 1.807) is 0 Å². The number of carboxylic acids is 2. The number of nitrogens with zero attached hydrogens (tertiary/aromatic N) is 3. The molecule has 36 heteroatoms. The number of aromatic nitrogens is 2. The Labute approximate surface area is 533 Å². The highest BCUT2D eigenvalue weighted by Crippen LogP contribution is 2.15. The number of rotatable bonds is 40. The molecule has 0 radical (unpaired) electrons. The second-order valence-corrected chi connectivity index (χ2v) is 21.9. The van der Waals surface area contributed by atoms with Gasteiger partial charge in [0.25, 0.3) is 0 Å². The Hall–Kier alpha value is -10.6. The summed E-state index contributed by atoms with van der Waals surface area (Å²) in [5.41, 5.74) is 29.0. The van der Waals surface area contributed by atoms with Crippen LogP contribution in [0.5, 0.6) is 11.5 Å². The largest absolute Gasteiger partial charge is 0.508 e. The number of nitrogens with two attached hydrogens (primary N) is 5. The van der Waals surface area contributed by atoms with Crippen LogP contribution in [0.4, 0.5) is 0 Å². The number of aromatic amines is 1. The van der Waals surface area contributed by atoms with Crippen LogP contribution in [-0.2, 0) is 76.8 Å². The molecule has 0 saturated carbocycles. The zero-order valence-electron chi connectivity index (χ0n) is 51.7. The third kappa shape index (κ3) is 28.8. The number of imidazole rings is 1. The molecule has 1 heterocycles. The number of amides is 10. The van der Waals surface area contributed by atoms with Crippen LogP contribution in [0.2, 0.25) is 0 Å². The smallest absolute Gasteiger partial charge is 0.328 e. The quantitative estimate of drug-likeness (QED) is 0.0143. The third-order valence-electron chi connectivity index (χ3n) is 13.6. The van der Waals surface area contributed by atoms with Crippen LogP contribution >= 0.6 is 0 Å². The van der Waals surface area contributed by atoms with E-state index in [9.17, 15) is 83.1 Å². The van der Waals surface area contributed by atoms with Crippen molar-refractivity contribution in [2.75, 3.05) is 26.2 Å². The summed E-state index contributed by atoms with van der Waals surface area (Å²) in [6, 6.07) is -3.86. The summed E-state index contributed by atoms with van der Waals surface area (Å²) < 4.78 is 0. The average molecular weight is 1310 g/mol. The van der Waals surface area contributed by atoms with Crippen molar-refractivity contribution in [2.45, 2.75) is 146 Å². The van der Waals surface area contributed by atoms with Gasteiger partial charge in [0.2, 0.25) is 59.1 Å². The Morgan fingerprint density at radius 1 is 0.516 bits per heavy atom. The normalized spacial score (nSPS) is 14.1. The van der Waals surface area contributed by atoms with Gasteiger partial charge < -0.3 is 112 Å². The SMILES string of the molecule is CC(C)C[C@H](N)C(=O)N[C@@H](Cc1ccc(O)cc1)C(=O)N[C@@H](CCCN=C(N)N)C(=O)N[C@@H](C)C(=O)NCC(=O)N[C@@H](Cc1cnc[nH]1)C(=O)N[C@@H](CC(=O)O)C(=O)N[C@@H](C)C(=O)N[C@@H](Cc1ccc(O)cc1)C(=O)N[C@@H](CCCN=C(N)N)C(=O)N[C@@H](CO)C(=O)O. The summed E-state index contributed by atoms with van der Waals surface area (Å²) in [5.74, 6) is -13.7. The van der Waals surface area contributed by atoms with Gasteiger partial charge in [-0.15, -0.1) is 0 Å². The number of H-pyrrole nitrogens is 1. The minimum Gasteiger partial charge on any atom is -0.508 e. The van der Waals surface area contributed by atoms with E-state index in [1.165, 1.54) is 68.0 Å². The van der Waals surface area contributed by atoms with Crippen molar-refractivity contribution in [1.82, 2.24) is 63.1 Å². The molecule has 0 aliphatic rings. The average Bonchev–Trinajstić information content (AvgIpc) is 2.30. The maximum absolute atomic E-state index is 14.0. The lowest BCUT2D eigenvalue weighted by Gasteiger charge is -2.26. The van der Waals surface area contributed by atoms with Crippen molar-refractivity contribution in [3.05, 3.63) is 77.9 Å². The number of aliphatic imine (C=N–C) groups is 2. The third-order valence-corrected chi connectivity index (χ3v) is 13.6. The molecule has 510 valence electrons. The minimum atomic E-state index is -1.95. The van der Waals surface area contributed by atoms with Gasteiger partial charge in [-0.2, -0.15) is 0 Å². The van der Waals surface area contributed by atoms with Crippen LogP contribution in [0.25, 0.3) is 0 Å². The first-order valence-electron chi connectivity index (χ1n) is 29.3. The number of benzene rings is 2. The van der Waals surface area contributed by atoms with Crippen molar-refractivity contribution in [2.24, 2.45) is 44.6 Å². The van der Waals surface area contributed by atoms with E-state index in [1.807, 2.05) is 13.8 Å². The van der Waals surface area contributed by atoms with E-state index >= 15 is 0 Å². The number of nitrogens with one attached hydrogen (secondary N) is 11. The molecule has 1 aromatic heterocycles. The monoisotopic (exact) mass is 1310 g/mol. The maximum atomic E-state index is 14.0. The molecular weight excluding hydrogens is 1220 g/mol. The molecule has 2 aromatic carbocycles. The molecule has 10 atom stereocenters. The lowest BCUT2D eigenvalue weighted by molar-refractivity contribution is -0.143. The Balaban J connectivity index is 1.79. The molecule has 36 nitrogen and oxygen atoms in total. The number of hydrogen-bond donors (Lipinski definition) is 21. The molecule has 0 fully saturated rings. The molecule has 10 amide bonds. The zero-order chi connectivity index (χ0) is 69.5. The van der Waals surface area contributed by atoms with Crippen LogP contribution in [0, 0.1) is 5.92 Å². The fourth-order valence-electron chi connectivity index (χ4n) is 8.70. The van der Waals surface area contributed by atoms with Gasteiger partial charge in [-0.05, 0) is 87.3 Å². The van der Waals surface area contributed by atoms with Crippen molar-refractivity contribution >= 4 is 82.9 Å². The number of phenolic OH excluding ortho intramolecular Hbond substituents is 2. The molecule has 0 unspecified atom stereocenters. The van der Waals surface area contributed by atoms with Crippen LogP contribution in [0.1, 0.15) is 83.0 Å². The van der Waals surface area contributed by atoms with Gasteiger partial charge in [-0.25, -0.2) is 9.78 Å². The number of aromatic hydroxyl groups is 2. The fraction of sp³-hybridized carbons (Fsp3) is 0.491. The fourth-order valence-corrected chi connectivity index (χ4v) is 8.70. The number of guanidine groups is 2. The topological polar surface area (TPSA) is 610 Å². The van der Waals surface area contributed by atoms with Gasteiger partial charge in [0.15, 0.2) is 11.9 Å². The first-order valence-corrected chi connectivity index (χ1v) is 29.3. The molecule has 0 spiro atoms. The molecule has 0 saturated heterocycles. The Morgan fingerprint density at radius 3 is 1.35 bits per heavy atom. The first kappa shape index (κ1) is 76.6. The number of aliphatic hydroxyl groups is 1. The predicted molar refractivity (Wildman–Crippen MR) is 332 cm³/mol. The number of carbonyl (C=O) groups excluding carboxylic acids is 10. The zero-order valence-corrected chi connectivity index (χ0v) is 51.7. The number of carbonyl (C=O) groups is 12. The van der Waals surface area contributed by atoms with Crippen LogP contribution in [0.3, 0.4) is 0 Å². The van der Waals surface area contributed by atoms with Gasteiger partial charge in [0, 0.05) is 44.2 Å². The van der Waals surface area contributed by atoms with Crippen LogP contribution in [-0.4, -0.2) is 205 Å². The number of phenols is 2. The van der Waals surface area contributed by atoms with E-state index in [2.05, 4.69) is 73.1 Å². The molecule has 0 aliphatic carbocycles. The van der Waals surface area contributed by atoms with Crippen molar-refractivity contribution in [3.8, 4) is 11.5 Å². The lowest BCUT2D eigenvalue weighted by atomic mass is 10.0. The molecule has 3 rings (SSSR count). The molecular formula is C57H85N19O17. The second-order valence-electron chi connectivity index (χ2n) is 21.9. The van der Waals surface area contributed by atoms with Gasteiger partial charge in [-0.3, -0.25) is 62.7 Å². The summed E-state index contributed by atoms with van der Waals surface area (Å²) >= 11 is 0. The van der Waals surface area contributed by atoms with Crippen molar-refractivity contribution in [1.29, 1.82) is 0 Å². The number of hydrogen-bond acceptors (Lipinski definition) is 19. The second kappa shape index (κ2) is 38.8. The molecule has 26 N–H and O–H groups in total. The molecule has 0 bridgehead atoms. The highest BCUT2D eigenvalue weighted by Gasteiger charge is 2.35. The van der Waals surface area contributed by atoms with E-state index in [0.717, 1.165) is 6.92 Å². The highest BCUT2D eigenvalue weighted by atomic mass is 16.4. The summed E-state index contributed by atoms with van der Waals surface area (Å²) in [7, 11) is 0. The first-order chi connectivity index (χ1) is 43.8. The summed E-state index contributed by atoms with van der Waals surface area (Å²) in [6.45, 7) is 4.27. The van der Waals surface area contributed by atoms with E-state index in [4.69, 9.17) is 28.7 Å². The van der Waals surface area contributed by atoms with Gasteiger partial charge in [-0.1, -0.05) is 38.1 Å².